The molecule has 0 radical (unpaired) electrons. The van der Waals surface area contributed by atoms with E-state index in [1.54, 1.807) is 0 Å². The van der Waals surface area contributed by atoms with Crippen LogP contribution in [-0.4, -0.2) is 26.3 Å². The van der Waals surface area contributed by atoms with Gasteiger partial charge >= 0.3 is 0 Å². The number of nitrogens with zero attached hydrogens (tertiary/aromatic N) is 3. The molecule has 2 aliphatic rings. The normalized spacial score (nSPS) is 21.1. The predicted octanol–water partition coefficient (Wildman–Crippen LogP) is 3.78. The Balaban J connectivity index is 1.70. The van der Waals surface area contributed by atoms with Crippen molar-refractivity contribution in [2.75, 3.05) is 11.5 Å². The summed E-state index contributed by atoms with van der Waals surface area (Å²) in [5, 5.41) is 10.1. The van der Waals surface area contributed by atoms with Crippen molar-refractivity contribution in [2.24, 2.45) is 11.8 Å². The molecule has 0 aromatic carbocycles. The molecule has 0 spiro atoms. The van der Waals surface area contributed by atoms with Crippen molar-refractivity contribution < 1.29 is 0 Å². The molecule has 0 aliphatic heterocycles. The summed E-state index contributed by atoms with van der Waals surface area (Å²) in [5.41, 5.74) is 0. The smallest absolute Gasteiger partial charge is 0.191 e. The molecule has 1 unspecified atom stereocenters. The molecule has 1 heterocycles. The Bertz CT molecular complexity index is 436. The van der Waals surface area contributed by atoms with Crippen LogP contribution >= 0.6 is 24.4 Å². The van der Waals surface area contributed by atoms with Gasteiger partial charge in [0.1, 0.15) is 5.82 Å². The fourth-order valence-corrected chi connectivity index (χ4v) is 4.39. The largest absolute Gasteiger partial charge is 0.303 e. The van der Waals surface area contributed by atoms with Crippen molar-refractivity contribution in [3.05, 3.63) is 5.82 Å². The van der Waals surface area contributed by atoms with Crippen LogP contribution < -0.4 is 0 Å². The molecule has 3 rings (SSSR count). The summed E-state index contributed by atoms with van der Waals surface area (Å²) in [6.07, 6.45) is 5.23. The summed E-state index contributed by atoms with van der Waals surface area (Å²) >= 11 is 6.35. The van der Waals surface area contributed by atoms with Crippen molar-refractivity contribution in [1.82, 2.24) is 14.8 Å². The number of thiol groups is 1. The number of aromatic nitrogens is 3. The van der Waals surface area contributed by atoms with Crippen LogP contribution in [0.25, 0.3) is 0 Å². The topological polar surface area (TPSA) is 30.7 Å². The van der Waals surface area contributed by atoms with Gasteiger partial charge < -0.3 is 4.57 Å². The van der Waals surface area contributed by atoms with Crippen LogP contribution in [0.3, 0.4) is 0 Å². The first-order chi connectivity index (χ1) is 9.20. The lowest BCUT2D eigenvalue weighted by molar-refractivity contribution is 0.472. The maximum Gasteiger partial charge on any atom is 0.191 e. The third-order valence-electron chi connectivity index (χ3n) is 4.15. The molecule has 2 fully saturated rings. The highest BCUT2D eigenvalue weighted by atomic mass is 32.2. The van der Waals surface area contributed by atoms with Gasteiger partial charge in [-0.05, 0) is 43.3 Å². The molecule has 1 aromatic rings. The van der Waals surface area contributed by atoms with Crippen molar-refractivity contribution in [3.63, 3.8) is 0 Å². The highest BCUT2D eigenvalue weighted by Gasteiger charge is 2.36. The van der Waals surface area contributed by atoms with Crippen LogP contribution in [0.15, 0.2) is 5.16 Å². The lowest BCUT2D eigenvalue weighted by Gasteiger charge is -2.17. The molecule has 5 heteroatoms. The van der Waals surface area contributed by atoms with Crippen LogP contribution in [0.5, 0.6) is 0 Å². The monoisotopic (exact) mass is 297 g/mol. The third-order valence-corrected chi connectivity index (χ3v) is 5.75. The summed E-state index contributed by atoms with van der Waals surface area (Å²) in [4.78, 5) is 0. The number of thioether (sulfide) groups is 1. The Kier molecular flexibility index (Phi) is 4.13. The molecule has 106 valence electrons. The van der Waals surface area contributed by atoms with Gasteiger partial charge in [-0.25, -0.2) is 0 Å². The van der Waals surface area contributed by atoms with Gasteiger partial charge in [0.15, 0.2) is 5.16 Å². The zero-order valence-electron chi connectivity index (χ0n) is 11.7. The van der Waals surface area contributed by atoms with E-state index in [1.807, 2.05) is 11.8 Å². The van der Waals surface area contributed by atoms with Crippen molar-refractivity contribution in [3.8, 4) is 0 Å². The van der Waals surface area contributed by atoms with E-state index in [1.165, 1.54) is 31.5 Å². The van der Waals surface area contributed by atoms with E-state index >= 15 is 0 Å². The Morgan fingerprint density at radius 2 is 2.00 bits per heavy atom. The Morgan fingerprint density at radius 1 is 1.26 bits per heavy atom. The fourth-order valence-electron chi connectivity index (χ4n) is 2.32. The Morgan fingerprint density at radius 3 is 2.53 bits per heavy atom. The van der Waals surface area contributed by atoms with Gasteiger partial charge in [-0.15, -0.1) is 10.2 Å². The molecule has 1 aromatic heterocycles. The maximum absolute atomic E-state index is 4.47. The van der Waals surface area contributed by atoms with E-state index < -0.39 is 0 Å². The fraction of sp³-hybridized carbons (Fsp3) is 0.857. The summed E-state index contributed by atoms with van der Waals surface area (Å²) < 4.78 is 2.44. The highest BCUT2D eigenvalue weighted by Crippen LogP contribution is 2.46. The number of hydrogen-bond donors (Lipinski definition) is 1. The minimum Gasteiger partial charge on any atom is -0.303 e. The van der Waals surface area contributed by atoms with Crippen LogP contribution in [0.1, 0.15) is 57.3 Å². The molecular formula is C14H23N3S2. The molecule has 0 saturated heterocycles. The summed E-state index contributed by atoms with van der Waals surface area (Å²) in [6.45, 7) is 4.56. The Hall–Kier alpha value is -0.160. The summed E-state index contributed by atoms with van der Waals surface area (Å²) in [6, 6.07) is 0.696. The molecule has 0 N–H and O–H groups in total. The molecule has 0 amide bonds. The van der Waals surface area contributed by atoms with E-state index in [-0.39, 0.29) is 0 Å². The van der Waals surface area contributed by atoms with Crippen LogP contribution in [0, 0.1) is 11.8 Å². The average molecular weight is 297 g/mol. The van der Waals surface area contributed by atoms with Gasteiger partial charge in [0.05, 0.1) is 0 Å². The molecule has 3 nitrogen and oxygen atoms in total. The first kappa shape index (κ1) is 13.8. The van der Waals surface area contributed by atoms with Crippen molar-refractivity contribution in [1.29, 1.82) is 0 Å². The minimum atomic E-state index is 0.655. The maximum atomic E-state index is 4.47. The molecule has 0 bridgehead atoms. The second-order valence-corrected chi connectivity index (χ2v) is 7.57. The van der Waals surface area contributed by atoms with Crippen molar-refractivity contribution >= 4 is 24.4 Å². The lowest BCUT2D eigenvalue weighted by Crippen LogP contribution is -2.14. The predicted molar refractivity (Wildman–Crippen MR) is 83.2 cm³/mol. The lowest BCUT2D eigenvalue weighted by atomic mass is 10.0. The van der Waals surface area contributed by atoms with Gasteiger partial charge in [-0.1, -0.05) is 25.6 Å². The SMILES string of the molecule is CC(C)C(CS)CSc1nnc(C2CC2)n1C1CC1. The molecular weight excluding hydrogens is 274 g/mol. The van der Waals surface area contributed by atoms with E-state index in [4.69, 9.17) is 0 Å². The van der Waals surface area contributed by atoms with Gasteiger partial charge in [0, 0.05) is 17.7 Å². The second-order valence-electron chi connectivity index (χ2n) is 6.21. The van der Waals surface area contributed by atoms with Gasteiger partial charge in [-0.2, -0.15) is 12.6 Å². The molecule has 19 heavy (non-hydrogen) atoms. The highest BCUT2D eigenvalue weighted by molar-refractivity contribution is 7.99. The number of hydrogen-bond acceptors (Lipinski definition) is 4. The second kappa shape index (κ2) is 5.68. The van der Waals surface area contributed by atoms with E-state index in [0.29, 0.717) is 23.8 Å². The van der Waals surface area contributed by atoms with Gasteiger partial charge in [0.2, 0.25) is 0 Å². The summed E-state index contributed by atoms with van der Waals surface area (Å²) in [7, 11) is 0. The molecule has 2 aliphatic carbocycles. The number of rotatable bonds is 7. The average Bonchev–Trinajstić information content (AvgIpc) is 3.29. The van der Waals surface area contributed by atoms with Crippen LogP contribution in [-0.2, 0) is 0 Å². The van der Waals surface area contributed by atoms with E-state index in [0.717, 1.165) is 16.7 Å². The minimum absolute atomic E-state index is 0.655. The summed E-state index contributed by atoms with van der Waals surface area (Å²) in [5.74, 6) is 5.37. The molecule has 2 saturated carbocycles. The van der Waals surface area contributed by atoms with Crippen LogP contribution in [0.4, 0.5) is 0 Å². The first-order valence-corrected chi connectivity index (χ1v) is 9.01. The van der Waals surface area contributed by atoms with E-state index in [9.17, 15) is 0 Å². The van der Waals surface area contributed by atoms with Crippen LogP contribution in [0.2, 0.25) is 0 Å². The van der Waals surface area contributed by atoms with Crippen molar-refractivity contribution in [2.45, 2.75) is 56.6 Å². The van der Waals surface area contributed by atoms with Gasteiger partial charge in [0.25, 0.3) is 0 Å². The van der Waals surface area contributed by atoms with E-state index in [2.05, 4.69) is 41.2 Å². The quantitative estimate of drug-likeness (QED) is 0.613. The Labute approximate surface area is 125 Å². The zero-order chi connectivity index (χ0) is 13.4. The van der Waals surface area contributed by atoms with Gasteiger partial charge in [-0.3, -0.25) is 0 Å². The standard InChI is InChI=1S/C14H23N3S2/c1-9(2)11(7-18)8-19-14-16-15-13(10-3-4-10)17(14)12-5-6-12/h9-12,18H,3-8H2,1-2H3. The third kappa shape index (κ3) is 3.13. The zero-order valence-corrected chi connectivity index (χ0v) is 13.5. The molecule has 1 atom stereocenters. The first-order valence-electron chi connectivity index (χ1n) is 7.39.